The highest BCUT2D eigenvalue weighted by Gasteiger charge is 2.41. The minimum Gasteiger partial charge on any atom is -0.307 e. The van der Waals surface area contributed by atoms with E-state index in [0.717, 1.165) is 23.1 Å². The molecule has 2 aliphatic rings. The third-order valence-corrected chi connectivity index (χ3v) is 7.38. The van der Waals surface area contributed by atoms with Gasteiger partial charge in [0.25, 0.3) is 5.69 Å². The second-order valence-corrected chi connectivity index (χ2v) is 8.94. The summed E-state index contributed by atoms with van der Waals surface area (Å²) in [4.78, 5) is 52.8. The van der Waals surface area contributed by atoms with Crippen molar-refractivity contribution >= 4 is 46.4 Å². The number of para-hydroxylation sites is 1. The van der Waals surface area contributed by atoms with Gasteiger partial charge in [0.05, 0.1) is 25.3 Å². The Morgan fingerprint density at radius 1 is 0.968 bits per heavy atom. The van der Waals surface area contributed by atoms with E-state index in [1.54, 1.807) is 54.6 Å². The molecule has 7 nitrogen and oxygen atoms in total. The van der Waals surface area contributed by atoms with Crippen molar-refractivity contribution in [2.24, 2.45) is 0 Å². The first-order chi connectivity index (χ1) is 15.0. The molecule has 5 rings (SSSR count). The highest BCUT2D eigenvalue weighted by molar-refractivity contribution is 8.04. The lowest BCUT2D eigenvalue weighted by atomic mass is 9.82. The van der Waals surface area contributed by atoms with Crippen molar-refractivity contribution in [3.8, 4) is 0 Å². The van der Waals surface area contributed by atoms with Crippen LogP contribution in [-0.4, -0.2) is 21.5 Å². The van der Waals surface area contributed by atoms with E-state index in [4.69, 9.17) is 0 Å². The molecule has 0 radical (unpaired) electrons. The van der Waals surface area contributed by atoms with E-state index in [0.29, 0.717) is 32.2 Å². The van der Waals surface area contributed by atoms with Gasteiger partial charge in [-0.2, -0.15) is 0 Å². The van der Waals surface area contributed by atoms with E-state index >= 15 is 0 Å². The molecule has 0 saturated heterocycles. The summed E-state index contributed by atoms with van der Waals surface area (Å²) < 4.78 is 0. The van der Waals surface area contributed by atoms with E-state index in [9.17, 15) is 24.5 Å². The summed E-state index contributed by atoms with van der Waals surface area (Å²) in [6, 6.07) is 12.9. The molecule has 0 spiro atoms. The molecule has 0 amide bonds. The molecule has 2 aromatic carbocycles. The van der Waals surface area contributed by atoms with Crippen LogP contribution in [0.25, 0.3) is 6.08 Å². The number of thioether (sulfide) groups is 1. The van der Waals surface area contributed by atoms with Gasteiger partial charge in [0, 0.05) is 28.7 Å². The molecule has 1 aliphatic carbocycles. The first-order valence-corrected chi connectivity index (χ1v) is 10.8. The number of thiazole rings is 1. The molecule has 9 heteroatoms. The van der Waals surface area contributed by atoms with Crippen LogP contribution in [0.1, 0.15) is 37.1 Å². The lowest BCUT2D eigenvalue weighted by molar-refractivity contribution is -0.385. The topological polar surface area (TPSA) is 110 Å². The van der Waals surface area contributed by atoms with Gasteiger partial charge >= 0.3 is 4.87 Å². The average Bonchev–Trinajstić information content (AvgIpc) is 3.15. The number of Topliss-reactive ketones (excluding diaryl/α,β-unsaturated/α-hetero) is 2. The Bertz CT molecular complexity index is 1410. The highest BCUT2D eigenvalue weighted by Crippen LogP contribution is 2.50. The number of fused-ring (bicyclic) bond motifs is 2. The number of ketones is 2. The van der Waals surface area contributed by atoms with Crippen molar-refractivity contribution < 1.29 is 14.5 Å². The molecule has 152 valence electrons. The van der Waals surface area contributed by atoms with Gasteiger partial charge in [-0.15, -0.1) is 0 Å². The standard InChI is InChI=1S/C22H12N2O5S2/c25-17-12-6-2-3-7-13(12)18(26)20-16(17)14(19-21(30-20)23-22(27)31-19)10-9-11-5-1-4-8-15(11)24(28)29/h1-10,14H,(H,23,27)/b10-9+. The van der Waals surface area contributed by atoms with Crippen LogP contribution < -0.4 is 4.87 Å². The second kappa shape index (κ2) is 7.29. The number of hydrogen-bond acceptors (Lipinski definition) is 7. The van der Waals surface area contributed by atoms with Crippen LogP contribution in [0.5, 0.6) is 0 Å². The molecule has 1 aromatic heterocycles. The van der Waals surface area contributed by atoms with E-state index in [1.807, 2.05) is 0 Å². The smallest absolute Gasteiger partial charge is 0.305 e. The number of nitro benzene ring substituents is 1. The Kier molecular flexibility index (Phi) is 4.57. The molecule has 1 aliphatic heterocycles. The van der Waals surface area contributed by atoms with Gasteiger partial charge in [-0.1, -0.05) is 71.6 Å². The number of nitro groups is 1. The van der Waals surface area contributed by atoms with Gasteiger partial charge in [-0.05, 0) is 6.07 Å². The number of benzene rings is 2. The Labute approximate surface area is 183 Å². The number of carbonyl (C=O) groups is 2. The predicted octanol–water partition coefficient (Wildman–Crippen LogP) is 4.58. The molecule has 0 saturated carbocycles. The number of nitrogens with one attached hydrogen (secondary N) is 1. The first-order valence-electron chi connectivity index (χ1n) is 9.21. The van der Waals surface area contributed by atoms with Crippen LogP contribution in [-0.2, 0) is 0 Å². The SMILES string of the molecule is O=C1C2=C(C(=O)c3ccccc31)C(/C=C/c1ccccc1[N+](=O)[O-])c1sc(=O)[nH]c1S2. The van der Waals surface area contributed by atoms with Crippen LogP contribution in [0, 0.1) is 10.1 Å². The number of nitrogens with zero attached hydrogens (tertiary/aromatic N) is 1. The minimum atomic E-state index is -0.667. The quantitative estimate of drug-likeness (QED) is 0.464. The van der Waals surface area contributed by atoms with Crippen LogP contribution in [0.3, 0.4) is 0 Å². The Morgan fingerprint density at radius 3 is 2.39 bits per heavy atom. The fourth-order valence-electron chi connectivity index (χ4n) is 3.77. The van der Waals surface area contributed by atoms with Crippen LogP contribution in [0.4, 0.5) is 5.69 Å². The molecule has 1 atom stereocenters. The number of rotatable bonds is 3. The molecule has 3 aromatic rings. The summed E-state index contributed by atoms with van der Waals surface area (Å²) in [5, 5.41) is 11.9. The van der Waals surface area contributed by atoms with Gasteiger partial charge in [-0.3, -0.25) is 24.5 Å². The van der Waals surface area contributed by atoms with Crippen molar-refractivity contribution in [1.29, 1.82) is 0 Å². The number of allylic oxidation sites excluding steroid dienone is 3. The van der Waals surface area contributed by atoms with Gasteiger partial charge in [0.15, 0.2) is 5.78 Å². The summed E-state index contributed by atoms with van der Waals surface area (Å²) in [6.45, 7) is 0. The largest absolute Gasteiger partial charge is 0.307 e. The number of hydrogen-bond donors (Lipinski definition) is 1. The summed E-state index contributed by atoms with van der Waals surface area (Å²) in [7, 11) is 0. The third-order valence-electron chi connectivity index (χ3n) is 5.15. The molecule has 0 bridgehead atoms. The zero-order valence-electron chi connectivity index (χ0n) is 15.7. The summed E-state index contributed by atoms with van der Waals surface area (Å²) >= 11 is 2.06. The van der Waals surface area contributed by atoms with Crippen LogP contribution in [0.15, 0.2) is 74.9 Å². The lowest BCUT2D eigenvalue weighted by Gasteiger charge is -2.28. The average molecular weight is 448 g/mol. The number of H-pyrrole nitrogens is 1. The van der Waals surface area contributed by atoms with Crippen molar-refractivity contribution in [1.82, 2.24) is 4.98 Å². The lowest BCUT2D eigenvalue weighted by Crippen LogP contribution is -2.26. The van der Waals surface area contributed by atoms with Gasteiger partial charge in [0.2, 0.25) is 5.78 Å². The van der Waals surface area contributed by atoms with Gasteiger partial charge in [-0.25, -0.2) is 0 Å². The molecule has 31 heavy (non-hydrogen) atoms. The van der Waals surface area contributed by atoms with Crippen LogP contribution >= 0.6 is 23.1 Å². The molecule has 0 fully saturated rings. The molecule has 2 heterocycles. The van der Waals surface area contributed by atoms with E-state index < -0.39 is 10.8 Å². The second-order valence-electron chi connectivity index (χ2n) is 6.91. The Balaban J connectivity index is 1.68. The maximum Gasteiger partial charge on any atom is 0.305 e. The molecular weight excluding hydrogens is 436 g/mol. The maximum absolute atomic E-state index is 13.4. The van der Waals surface area contributed by atoms with Gasteiger partial charge in [0.1, 0.15) is 0 Å². The number of aromatic nitrogens is 1. The molecule has 1 unspecified atom stereocenters. The fraction of sp³-hybridized carbons (Fsp3) is 0.0455. The fourth-order valence-corrected chi connectivity index (χ4v) is 6.02. The van der Waals surface area contributed by atoms with Crippen molar-refractivity contribution in [2.75, 3.05) is 0 Å². The summed E-state index contributed by atoms with van der Waals surface area (Å²) in [6.07, 6.45) is 3.22. The zero-order chi connectivity index (χ0) is 21.7. The van der Waals surface area contributed by atoms with Crippen molar-refractivity contribution in [3.63, 3.8) is 0 Å². The molecule has 1 N–H and O–H groups in total. The highest BCUT2D eigenvalue weighted by atomic mass is 32.2. The predicted molar refractivity (Wildman–Crippen MR) is 118 cm³/mol. The third kappa shape index (κ3) is 3.09. The first kappa shape index (κ1) is 19.4. The van der Waals surface area contributed by atoms with Gasteiger partial charge < -0.3 is 4.98 Å². The molecular formula is C22H12N2O5S2. The maximum atomic E-state index is 13.4. The minimum absolute atomic E-state index is 0.0722. The Hall–Kier alpha value is -3.56. The Morgan fingerprint density at radius 2 is 1.65 bits per heavy atom. The van der Waals surface area contributed by atoms with E-state index in [-0.39, 0.29) is 27.0 Å². The number of carbonyl (C=O) groups excluding carboxylic acids is 2. The summed E-state index contributed by atoms with van der Waals surface area (Å²) in [5.41, 5.74) is 1.25. The summed E-state index contributed by atoms with van der Waals surface area (Å²) in [5.74, 6) is -1.21. The monoisotopic (exact) mass is 448 g/mol. The van der Waals surface area contributed by atoms with E-state index in [2.05, 4.69) is 4.98 Å². The van der Waals surface area contributed by atoms with Crippen molar-refractivity contribution in [2.45, 2.75) is 10.9 Å². The number of aromatic amines is 1. The van der Waals surface area contributed by atoms with E-state index in [1.165, 1.54) is 6.07 Å². The normalized spacial score (nSPS) is 17.5. The van der Waals surface area contributed by atoms with Crippen LogP contribution in [0.2, 0.25) is 0 Å². The van der Waals surface area contributed by atoms with Crippen molar-refractivity contribution in [3.05, 3.63) is 106 Å². The zero-order valence-corrected chi connectivity index (χ0v) is 17.3.